The van der Waals surface area contributed by atoms with Crippen LogP contribution < -0.4 is 4.90 Å². The monoisotopic (exact) mass is 416 g/mol. The number of fused-ring (bicyclic) bond motifs is 3. The molecule has 5 rings (SSSR count). The number of thiophene rings is 1. The predicted molar refractivity (Wildman–Crippen MR) is 109 cm³/mol. The highest BCUT2D eigenvalue weighted by atomic mass is 32.1. The number of benzene rings is 1. The van der Waals surface area contributed by atoms with E-state index in [1.54, 1.807) is 30.3 Å². The highest BCUT2D eigenvalue weighted by Gasteiger charge is 2.37. The van der Waals surface area contributed by atoms with Crippen molar-refractivity contribution in [3.63, 3.8) is 0 Å². The van der Waals surface area contributed by atoms with Gasteiger partial charge in [0, 0.05) is 17.0 Å². The van der Waals surface area contributed by atoms with Crippen molar-refractivity contribution in [2.75, 3.05) is 24.5 Å². The Balaban J connectivity index is 1.58. The Morgan fingerprint density at radius 3 is 2.55 bits per heavy atom. The van der Waals surface area contributed by atoms with Crippen molar-refractivity contribution in [1.82, 2.24) is 4.90 Å². The highest BCUT2D eigenvalue weighted by Crippen LogP contribution is 2.32. The molecule has 0 saturated carbocycles. The van der Waals surface area contributed by atoms with Gasteiger partial charge in [-0.25, -0.2) is 9.59 Å². The van der Waals surface area contributed by atoms with Crippen LogP contribution in [0, 0.1) is 5.92 Å². The van der Waals surface area contributed by atoms with E-state index in [-0.39, 0.29) is 24.1 Å². The Bertz CT molecular complexity index is 891. The van der Waals surface area contributed by atoms with E-state index in [9.17, 15) is 19.8 Å². The third-order valence-electron chi connectivity index (χ3n) is 5.71. The van der Waals surface area contributed by atoms with Crippen LogP contribution in [0.25, 0.3) is 0 Å². The first-order valence-corrected chi connectivity index (χ1v) is 10.6. The van der Waals surface area contributed by atoms with Crippen LogP contribution in [0.4, 0.5) is 10.5 Å². The number of hydrogen-bond donors (Lipinski definition) is 2. The first kappa shape index (κ1) is 19.9. The normalized spacial score (nSPS) is 23.0. The molecule has 1 aromatic heterocycles. The van der Waals surface area contributed by atoms with Crippen LogP contribution in [0.3, 0.4) is 0 Å². The number of aliphatic hydroxyl groups is 1. The summed E-state index contributed by atoms with van der Waals surface area (Å²) in [4.78, 5) is 29.2. The van der Waals surface area contributed by atoms with Crippen molar-refractivity contribution >= 4 is 29.1 Å². The molecule has 29 heavy (non-hydrogen) atoms. The first-order valence-electron chi connectivity index (χ1n) is 9.76. The number of amides is 1. The number of para-hydroxylation sites is 1. The van der Waals surface area contributed by atoms with Gasteiger partial charge in [-0.15, -0.1) is 11.3 Å². The van der Waals surface area contributed by atoms with Crippen LogP contribution in [0.5, 0.6) is 0 Å². The number of nitrogens with zero attached hydrogens (tertiary/aromatic N) is 2. The number of rotatable bonds is 6. The van der Waals surface area contributed by atoms with Gasteiger partial charge >= 0.3 is 12.1 Å². The van der Waals surface area contributed by atoms with Crippen LogP contribution in [-0.4, -0.2) is 52.9 Å². The lowest BCUT2D eigenvalue weighted by molar-refractivity contribution is -0.0311. The molecule has 154 valence electrons. The van der Waals surface area contributed by atoms with Gasteiger partial charge in [0.05, 0.1) is 18.8 Å². The molecule has 0 spiro atoms. The Hall–Kier alpha value is -2.42. The zero-order valence-corrected chi connectivity index (χ0v) is 16.8. The summed E-state index contributed by atoms with van der Waals surface area (Å²) in [5.41, 5.74) is 1.19. The lowest BCUT2D eigenvalue weighted by Crippen LogP contribution is -2.53. The number of anilines is 1. The van der Waals surface area contributed by atoms with Gasteiger partial charge in [-0.05, 0) is 50.0 Å². The number of carbonyl (C=O) groups is 2. The third kappa shape index (κ3) is 4.29. The van der Waals surface area contributed by atoms with E-state index >= 15 is 0 Å². The zero-order valence-electron chi connectivity index (χ0n) is 16.0. The van der Waals surface area contributed by atoms with Crippen molar-refractivity contribution < 1.29 is 24.5 Å². The maximum Gasteiger partial charge on any atom is 0.414 e. The molecule has 3 fully saturated rings. The van der Waals surface area contributed by atoms with E-state index in [0.717, 1.165) is 48.7 Å². The van der Waals surface area contributed by atoms with Crippen molar-refractivity contribution in [2.24, 2.45) is 5.92 Å². The zero-order chi connectivity index (χ0) is 20.4. The standard InChI is InChI=1S/C21H24N2O5S/c24-13-15-3-1-2-4-17(15)23(11-16-5-6-19(29-16)20(25)26)21(27)28-18-12-22-9-7-14(18)8-10-22/h1-6,14,18,24H,7-13H2,(H,25,26)/t18-/m0/s1. The number of carboxylic acid groups (broad SMARTS) is 1. The maximum atomic E-state index is 13.2. The van der Waals surface area contributed by atoms with Gasteiger partial charge in [0.2, 0.25) is 0 Å². The van der Waals surface area contributed by atoms with E-state index < -0.39 is 12.1 Å². The van der Waals surface area contributed by atoms with Crippen LogP contribution in [0.2, 0.25) is 0 Å². The van der Waals surface area contributed by atoms with Gasteiger partial charge in [-0.1, -0.05) is 18.2 Å². The molecule has 3 aliphatic rings. The third-order valence-corrected chi connectivity index (χ3v) is 6.77. The number of carbonyl (C=O) groups excluding carboxylic acids is 1. The topological polar surface area (TPSA) is 90.3 Å². The smallest absolute Gasteiger partial charge is 0.414 e. The molecule has 2 bridgehead atoms. The Morgan fingerprint density at radius 2 is 1.93 bits per heavy atom. The van der Waals surface area contributed by atoms with Gasteiger partial charge in [-0.2, -0.15) is 0 Å². The highest BCUT2D eigenvalue weighted by molar-refractivity contribution is 7.13. The number of aromatic carboxylic acids is 1. The van der Waals surface area contributed by atoms with Gasteiger partial charge in [0.1, 0.15) is 11.0 Å². The molecule has 0 aliphatic carbocycles. The summed E-state index contributed by atoms with van der Waals surface area (Å²) >= 11 is 1.13. The SMILES string of the molecule is O=C(O)c1ccc(CN(C(=O)O[C@H]2CN3CCC2CC3)c2ccccc2CO)s1. The summed E-state index contributed by atoms with van der Waals surface area (Å²) in [6.45, 7) is 2.86. The van der Waals surface area contributed by atoms with E-state index in [1.165, 1.54) is 11.0 Å². The van der Waals surface area contributed by atoms with Crippen LogP contribution in [0.15, 0.2) is 36.4 Å². The molecule has 7 nitrogen and oxygen atoms in total. The molecule has 1 atom stereocenters. The molecular weight excluding hydrogens is 392 g/mol. The summed E-state index contributed by atoms with van der Waals surface area (Å²) in [5.74, 6) is -0.599. The Kier molecular flexibility index (Phi) is 5.84. The Labute approximate surface area is 173 Å². The largest absolute Gasteiger partial charge is 0.477 e. The number of piperidine rings is 3. The number of aliphatic hydroxyl groups excluding tert-OH is 1. The van der Waals surface area contributed by atoms with Gasteiger partial charge in [0.25, 0.3) is 0 Å². The molecule has 1 amide bonds. The van der Waals surface area contributed by atoms with E-state index in [2.05, 4.69) is 4.90 Å². The van der Waals surface area contributed by atoms with Gasteiger partial charge in [-0.3, -0.25) is 9.80 Å². The van der Waals surface area contributed by atoms with E-state index in [1.807, 2.05) is 0 Å². The number of hydrogen-bond acceptors (Lipinski definition) is 6. The fourth-order valence-corrected chi connectivity index (χ4v) is 4.96. The fraction of sp³-hybridized carbons (Fsp3) is 0.429. The molecular formula is C21H24N2O5S. The molecule has 4 heterocycles. The summed E-state index contributed by atoms with van der Waals surface area (Å²) < 4.78 is 5.92. The lowest BCUT2D eigenvalue weighted by atomic mass is 9.86. The van der Waals surface area contributed by atoms with Crippen molar-refractivity contribution in [3.8, 4) is 0 Å². The molecule has 2 N–H and O–H groups in total. The second kappa shape index (κ2) is 8.52. The van der Waals surface area contributed by atoms with Crippen molar-refractivity contribution in [1.29, 1.82) is 0 Å². The maximum absolute atomic E-state index is 13.2. The quantitative estimate of drug-likeness (QED) is 0.752. The number of ether oxygens (including phenoxy) is 1. The van der Waals surface area contributed by atoms with Crippen LogP contribution >= 0.6 is 11.3 Å². The molecule has 8 heteroatoms. The van der Waals surface area contributed by atoms with Crippen LogP contribution in [-0.2, 0) is 17.9 Å². The summed E-state index contributed by atoms with van der Waals surface area (Å²) in [7, 11) is 0. The minimum absolute atomic E-state index is 0.133. The molecule has 0 unspecified atom stereocenters. The van der Waals surface area contributed by atoms with Gasteiger partial charge < -0.3 is 14.9 Å². The molecule has 1 aromatic carbocycles. The fourth-order valence-electron chi connectivity index (χ4n) is 4.13. The van der Waals surface area contributed by atoms with Crippen molar-refractivity contribution in [2.45, 2.75) is 32.1 Å². The lowest BCUT2D eigenvalue weighted by Gasteiger charge is -2.44. The molecule has 0 radical (unpaired) electrons. The molecule has 2 aromatic rings. The second-order valence-corrected chi connectivity index (χ2v) is 8.67. The van der Waals surface area contributed by atoms with E-state index in [4.69, 9.17) is 4.74 Å². The first-order chi connectivity index (χ1) is 14.0. The van der Waals surface area contributed by atoms with E-state index in [0.29, 0.717) is 17.2 Å². The molecule has 3 saturated heterocycles. The van der Waals surface area contributed by atoms with Crippen LogP contribution in [0.1, 0.15) is 33.0 Å². The average Bonchev–Trinajstić information content (AvgIpc) is 3.22. The summed E-state index contributed by atoms with van der Waals surface area (Å²) in [6.07, 6.45) is 1.48. The summed E-state index contributed by atoms with van der Waals surface area (Å²) in [5, 5.41) is 18.9. The average molecular weight is 416 g/mol. The minimum Gasteiger partial charge on any atom is -0.477 e. The molecule has 3 aliphatic heterocycles. The second-order valence-electron chi connectivity index (χ2n) is 7.50. The minimum atomic E-state index is -0.988. The van der Waals surface area contributed by atoms with Gasteiger partial charge in [0.15, 0.2) is 0 Å². The number of carboxylic acids is 1. The summed E-state index contributed by atoms with van der Waals surface area (Å²) in [6, 6.07) is 10.4. The van der Waals surface area contributed by atoms with Crippen molar-refractivity contribution in [3.05, 3.63) is 51.7 Å². The Morgan fingerprint density at radius 1 is 1.17 bits per heavy atom. The predicted octanol–water partition coefficient (Wildman–Crippen LogP) is 3.18.